The predicted octanol–water partition coefficient (Wildman–Crippen LogP) is 3.36. The van der Waals surface area contributed by atoms with E-state index in [2.05, 4.69) is 6.92 Å². The Balaban J connectivity index is 0.00000144. The van der Waals surface area contributed by atoms with E-state index in [9.17, 15) is 0 Å². The molecule has 0 aliphatic heterocycles. The summed E-state index contributed by atoms with van der Waals surface area (Å²) in [7, 11) is 0. The van der Waals surface area contributed by atoms with E-state index in [4.69, 9.17) is 5.73 Å². The molecule has 13 heavy (non-hydrogen) atoms. The normalized spacial score (nSPS) is 28.2. The fourth-order valence-corrected chi connectivity index (χ4v) is 2.25. The van der Waals surface area contributed by atoms with E-state index >= 15 is 0 Å². The van der Waals surface area contributed by atoms with Crippen LogP contribution >= 0.6 is 12.4 Å². The van der Waals surface area contributed by atoms with Crippen LogP contribution in [0, 0.1) is 11.8 Å². The Bertz CT molecular complexity index is 109. The quantitative estimate of drug-likeness (QED) is 0.749. The van der Waals surface area contributed by atoms with Crippen LogP contribution in [0.2, 0.25) is 0 Å². The summed E-state index contributed by atoms with van der Waals surface area (Å²) in [5.74, 6) is 1.88. The van der Waals surface area contributed by atoms with E-state index in [1.165, 1.54) is 44.9 Å². The summed E-state index contributed by atoms with van der Waals surface area (Å²) in [4.78, 5) is 0. The molecule has 80 valence electrons. The van der Waals surface area contributed by atoms with Crippen molar-refractivity contribution in [2.45, 2.75) is 51.9 Å². The van der Waals surface area contributed by atoms with Gasteiger partial charge in [0.25, 0.3) is 0 Å². The molecule has 0 aromatic rings. The topological polar surface area (TPSA) is 26.0 Å². The van der Waals surface area contributed by atoms with E-state index < -0.39 is 0 Å². The van der Waals surface area contributed by atoms with Crippen LogP contribution in [-0.2, 0) is 0 Å². The molecule has 1 aliphatic carbocycles. The molecular formula is C11H24ClN. The van der Waals surface area contributed by atoms with Gasteiger partial charge in [-0.05, 0) is 31.2 Å². The first-order chi connectivity index (χ1) is 5.86. The molecule has 0 aromatic carbocycles. The molecule has 0 amide bonds. The summed E-state index contributed by atoms with van der Waals surface area (Å²) >= 11 is 0. The first-order valence-corrected chi connectivity index (χ1v) is 5.56. The molecule has 1 fully saturated rings. The zero-order chi connectivity index (χ0) is 8.81. The highest BCUT2D eigenvalue weighted by Gasteiger charge is 2.19. The Morgan fingerprint density at radius 1 is 1.08 bits per heavy atom. The molecule has 2 heteroatoms. The fourth-order valence-electron chi connectivity index (χ4n) is 2.25. The summed E-state index contributed by atoms with van der Waals surface area (Å²) in [5.41, 5.74) is 5.65. The van der Waals surface area contributed by atoms with Crippen LogP contribution in [0.3, 0.4) is 0 Å². The minimum absolute atomic E-state index is 0. The van der Waals surface area contributed by atoms with Gasteiger partial charge in [0.15, 0.2) is 0 Å². The molecule has 0 spiro atoms. The second-order valence-corrected chi connectivity index (χ2v) is 4.26. The third-order valence-corrected chi connectivity index (χ3v) is 3.27. The van der Waals surface area contributed by atoms with Gasteiger partial charge in [0.05, 0.1) is 0 Å². The molecule has 2 N–H and O–H groups in total. The van der Waals surface area contributed by atoms with E-state index in [1.807, 2.05) is 0 Å². The van der Waals surface area contributed by atoms with Crippen LogP contribution < -0.4 is 5.73 Å². The largest absolute Gasteiger partial charge is 0.330 e. The third-order valence-electron chi connectivity index (χ3n) is 3.27. The van der Waals surface area contributed by atoms with Crippen LogP contribution in [0.1, 0.15) is 51.9 Å². The van der Waals surface area contributed by atoms with Gasteiger partial charge in [0.2, 0.25) is 0 Å². The lowest BCUT2D eigenvalue weighted by atomic mass is 9.80. The van der Waals surface area contributed by atoms with Crippen LogP contribution in [0.15, 0.2) is 0 Å². The van der Waals surface area contributed by atoms with Crippen molar-refractivity contribution in [2.24, 2.45) is 17.6 Å². The van der Waals surface area contributed by atoms with Gasteiger partial charge < -0.3 is 5.73 Å². The van der Waals surface area contributed by atoms with Gasteiger partial charge in [0.1, 0.15) is 0 Å². The number of hydrogen-bond donors (Lipinski definition) is 1. The van der Waals surface area contributed by atoms with Gasteiger partial charge in [-0.1, -0.05) is 39.0 Å². The standard InChI is InChI=1S/C11H23N.ClH/c1-2-3-4-10-5-7-11(9-12)8-6-10;/h10-11H,2-9,12H2,1H3;1H. The lowest BCUT2D eigenvalue weighted by Gasteiger charge is -2.27. The highest BCUT2D eigenvalue weighted by Crippen LogP contribution is 2.31. The molecule has 1 rings (SSSR count). The van der Waals surface area contributed by atoms with Crippen molar-refractivity contribution in [2.75, 3.05) is 6.54 Å². The summed E-state index contributed by atoms with van der Waals surface area (Å²) < 4.78 is 0. The van der Waals surface area contributed by atoms with Gasteiger partial charge in [-0.25, -0.2) is 0 Å². The van der Waals surface area contributed by atoms with E-state index in [-0.39, 0.29) is 12.4 Å². The Hall–Kier alpha value is 0.250. The Kier molecular flexibility index (Phi) is 7.78. The predicted molar refractivity (Wildman–Crippen MR) is 61.3 cm³/mol. The van der Waals surface area contributed by atoms with Gasteiger partial charge >= 0.3 is 0 Å². The van der Waals surface area contributed by atoms with Crippen molar-refractivity contribution in [3.8, 4) is 0 Å². The molecule has 0 bridgehead atoms. The lowest BCUT2D eigenvalue weighted by Crippen LogP contribution is -2.21. The van der Waals surface area contributed by atoms with Crippen LogP contribution in [0.25, 0.3) is 0 Å². The van der Waals surface area contributed by atoms with Crippen LogP contribution in [0.5, 0.6) is 0 Å². The highest BCUT2D eigenvalue weighted by atomic mass is 35.5. The Labute approximate surface area is 88.9 Å². The second kappa shape index (κ2) is 7.64. The maximum absolute atomic E-state index is 5.65. The van der Waals surface area contributed by atoms with E-state index in [1.54, 1.807) is 0 Å². The Morgan fingerprint density at radius 3 is 2.08 bits per heavy atom. The maximum Gasteiger partial charge on any atom is -0.00489 e. The van der Waals surface area contributed by atoms with E-state index in [0.29, 0.717) is 0 Å². The molecule has 1 saturated carbocycles. The SMILES string of the molecule is CCCCC1CCC(CN)CC1.Cl. The first kappa shape index (κ1) is 13.2. The molecule has 0 unspecified atom stereocenters. The van der Waals surface area contributed by atoms with Gasteiger partial charge in [-0.3, -0.25) is 0 Å². The molecule has 1 aliphatic rings. The third kappa shape index (κ3) is 4.87. The van der Waals surface area contributed by atoms with Crippen molar-refractivity contribution in [3.63, 3.8) is 0 Å². The average molecular weight is 206 g/mol. The second-order valence-electron chi connectivity index (χ2n) is 4.26. The van der Waals surface area contributed by atoms with Crippen molar-refractivity contribution in [3.05, 3.63) is 0 Å². The van der Waals surface area contributed by atoms with Gasteiger partial charge in [-0.15, -0.1) is 12.4 Å². The Morgan fingerprint density at radius 2 is 1.62 bits per heavy atom. The van der Waals surface area contributed by atoms with Crippen molar-refractivity contribution < 1.29 is 0 Å². The van der Waals surface area contributed by atoms with Crippen LogP contribution in [0.4, 0.5) is 0 Å². The highest BCUT2D eigenvalue weighted by molar-refractivity contribution is 5.85. The van der Waals surface area contributed by atoms with Crippen LogP contribution in [-0.4, -0.2) is 6.54 Å². The lowest BCUT2D eigenvalue weighted by molar-refractivity contribution is 0.264. The number of unbranched alkanes of at least 4 members (excludes halogenated alkanes) is 1. The summed E-state index contributed by atoms with van der Waals surface area (Å²) in [6, 6.07) is 0. The molecule has 0 radical (unpaired) electrons. The fraction of sp³-hybridized carbons (Fsp3) is 1.00. The van der Waals surface area contributed by atoms with Crippen molar-refractivity contribution in [1.82, 2.24) is 0 Å². The molecule has 0 atom stereocenters. The number of nitrogens with two attached hydrogens (primary N) is 1. The monoisotopic (exact) mass is 205 g/mol. The maximum atomic E-state index is 5.65. The molecule has 1 nitrogen and oxygen atoms in total. The molecular weight excluding hydrogens is 182 g/mol. The average Bonchev–Trinajstić information content (AvgIpc) is 2.15. The van der Waals surface area contributed by atoms with Crippen molar-refractivity contribution >= 4 is 12.4 Å². The number of rotatable bonds is 4. The minimum Gasteiger partial charge on any atom is -0.330 e. The zero-order valence-corrected chi connectivity index (χ0v) is 9.61. The first-order valence-electron chi connectivity index (χ1n) is 5.56. The number of hydrogen-bond acceptors (Lipinski definition) is 1. The zero-order valence-electron chi connectivity index (χ0n) is 8.80. The van der Waals surface area contributed by atoms with Crippen molar-refractivity contribution in [1.29, 1.82) is 0 Å². The molecule has 0 heterocycles. The summed E-state index contributed by atoms with van der Waals surface area (Å²) in [6.45, 7) is 3.20. The van der Waals surface area contributed by atoms with Gasteiger partial charge in [-0.2, -0.15) is 0 Å². The molecule has 0 saturated heterocycles. The minimum atomic E-state index is 0. The van der Waals surface area contributed by atoms with Gasteiger partial charge in [0, 0.05) is 0 Å². The summed E-state index contributed by atoms with van der Waals surface area (Å²) in [6.07, 6.45) is 9.93. The molecule has 0 aromatic heterocycles. The number of halogens is 1. The summed E-state index contributed by atoms with van der Waals surface area (Å²) in [5, 5.41) is 0. The van der Waals surface area contributed by atoms with E-state index in [0.717, 1.165) is 18.4 Å². The smallest absolute Gasteiger partial charge is 0.00489 e.